The highest BCUT2D eigenvalue weighted by Gasteiger charge is 1.92. The Balaban J connectivity index is 2.92. The van der Waals surface area contributed by atoms with Gasteiger partial charge in [0, 0.05) is 7.05 Å². The van der Waals surface area contributed by atoms with Crippen LogP contribution in [-0.4, -0.2) is 9.55 Å². The summed E-state index contributed by atoms with van der Waals surface area (Å²) in [5.74, 6) is 0. The topological polar surface area (TPSA) is 17.8 Å². The molecular formula is C5H7FN2. The number of rotatable bonds is 1. The van der Waals surface area contributed by atoms with Gasteiger partial charge in [-0.25, -0.2) is 9.37 Å². The summed E-state index contributed by atoms with van der Waals surface area (Å²) < 4.78 is 13.4. The van der Waals surface area contributed by atoms with Crippen molar-refractivity contribution in [3.8, 4) is 0 Å². The first kappa shape index (κ1) is 5.28. The summed E-state index contributed by atoms with van der Waals surface area (Å²) in [6.45, 7) is -0.434. The van der Waals surface area contributed by atoms with Crippen LogP contribution in [0.1, 0.15) is 5.69 Å². The molecule has 8 heavy (non-hydrogen) atoms. The summed E-state index contributed by atoms with van der Waals surface area (Å²) in [6.07, 6.45) is 3.09. The van der Waals surface area contributed by atoms with Gasteiger partial charge in [0.05, 0.1) is 18.2 Å². The van der Waals surface area contributed by atoms with E-state index in [4.69, 9.17) is 0 Å². The summed E-state index contributed by atoms with van der Waals surface area (Å²) in [5.41, 5.74) is 0.616. The molecule has 44 valence electrons. The number of halogens is 1. The molecule has 0 aliphatic carbocycles. The zero-order valence-electron chi connectivity index (χ0n) is 4.63. The third-order valence-electron chi connectivity index (χ3n) is 1.05. The second-order valence-corrected chi connectivity index (χ2v) is 1.63. The van der Waals surface area contributed by atoms with Crippen LogP contribution in [-0.2, 0) is 13.7 Å². The highest BCUT2D eigenvalue weighted by molar-refractivity contribution is 4.94. The van der Waals surface area contributed by atoms with Crippen LogP contribution < -0.4 is 0 Å². The lowest BCUT2D eigenvalue weighted by atomic mass is 10.5. The highest BCUT2D eigenvalue weighted by Crippen LogP contribution is 1.96. The molecule has 0 N–H and O–H groups in total. The Labute approximate surface area is 47.0 Å². The van der Waals surface area contributed by atoms with Crippen molar-refractivity contribution in [3.05, 3.63) is 18.2 Å². The highest BCUT2D eigenvalue weighted by atomic mass is 19.1. The monoisotopic (exact) mass is 114 g/mol. The van der Waals surface area contributed by atoms with Crippen LogP contribution in [0, 0.1) is 0 Å². The minimum absolute atomic E-state index is 0.434. The molecule has 0 bridgehead atoms. The van der Waals surface area contributed by atoms with Crippen molar-refractivity contribution in [1.29, 1.82) is 0 Å². The second-order valence-electron chi connectivity index (χ2n) is 1.63. The van der Waals surface area contributed by atoms with E-state index in [1.54, 1.807) is 17.9 Å². The Bertz CT molecular complexity index is 171. The molecule has 0 saturated carbocycles. The Morgan fingerprint density at radius 2 is 2.62 bits per heavy atom. The van der Waals surface area contributed by atoms with E-state index in [1.807, 2.05) is 0 Å². The molecule has 0 unspecified atom stereocenters. The Kier molecular flexibility index (Phi) is 1.28. The molecule has 0 saturated heterocycles. The molecule has 1 heterocycles. The standard InChI is InChI=1S/C5H7FN2/c1-8-4-7-3-5(8)2-6/h3-4H,2H2,1H3. The van der Waals surface area contributed by atoms with Gasteiger partial charge in [0.2, 0.25) is 0 Å². The molecule has 3 heteroatoms. The smallest absolute Gasteiger partial charge is 0.131 e. The number of alkyl halides is 1. The molecule has 1 aromatic heterocycles. The maximum absolute atomic E-state index is 11.8. The maximum atomic E-state index is 11.8. The van der Waals surface area contributed by atoms with Crippen molar-refractivity contribution in [1.82, 2.24) is 9.55 Å². The fourth-order valence-electron chi connectivity index (χ4n) is 0.513. The molecule has 0 radical (unpaired) electrons. The van der Waals surface area contributed by atoms with Gasteiger partial charge in [-0.15, -0.1) is 0 Å². The van der Waals surface area contributed by atoms with Crippen LogP contribution >= 0.6 is 0 Å². The zero-order chi connectivity index (χ0) is 5.98. The zero-order valence-corrected chi connectivity index (χ0v) is 4.63. The fourth-order valence-corrected chi connectivity index (χ4v) is 0.513. The first-order chi connectivity index (χ1) is 3.84. The van der Waals surface area contributed by atoms with Crippen molar-refractivity contribution in [2.45, 2.75) is 6.67 Å². The van der Waals surface area contributed by atoms with Crippen LogP contribution in [0.15, 0.2) is 12.5 Å². The molecule has 0 amide bonds. The Morgan fingerprint density at radius 1 is 1.88 bits per heavy atom. The summed E-state index contributed by atoms with van der Waals surface area (Å²) in [4.78, 5) is 3.72. The van der Waals surface area contributed by atoms with Gasteiger partial charge in [-0.05, 0) is 0 Å². The molecule has 1 rings (SSSR count). The van der Waals surface area contributed by atoms with Crippen molar-refractivity contribution < 1.29 is 4.39 Å². The van der Waals surface area contributed by atoms with Gasteiger partial charge in [0.15, 0.2) is 0 Å². The lowest BCUT2D eigenvalue weighted by molar-refractivity contribution is 0.466. The van der Waals surface area contributed by atoms with Crippen molar-refractivity contribution >= 4 is 0 Å². The van der Waals surface area contributed by atoms with Crippen LogP contribution in [0.3, 0.4) is 0 Å². The maximum Gasteiger partial charge on any atom is 0.131 e. The molecule has 1 aromatic rings. The van der Waals surface area contributed by atoms with E-state index in [-0.39, 0.29) is 0 Å². The van der Waals surface area contributed by atoms with E-state index in [2.05, 4.69) is 4.98 Å². The summed E-state index contributed by atoms with van der Waals surface area (Å²) >= 11 is 0. The third kappa shape index (κ3) is 0.710. The largest absolute Gasteiger partial charge is 0.335 e. The van der Waals surface area contributed by atoms with Crippen molar-refractivity contribution in [2.75, 3.05) is 0 Å². The quantitative estimate of drug-likeness (QED) is 0.530. The van der Waals surface area contributed by atoms with E-state index < -0.39 is 6.67 Å². The molecule has 2 nitrogen and oxygen atoms in total. The summed E-state index contributed by atoms with van der Waals surface area (Å²) in [7, 11) is 1.77. The molecule has 0 aromatic carbocycles. The second kappa shape index (κ2) is 1.94. The van der Waals surface area contributed by atoms with Gasteiger partial charge in [-0.2, -0.15) is 0 Å². The molecule has 0 fully saturated rings. The molecule has 0 atom stereocenters. The van der Waals surface area contributed by atoms with E-state index in [0.717, 1.165) is 0 Å². The lowest BCUT2D eigenvalue weighted by Crippen LogP contribution is -1.89. The molecular weight excluding hydrogens is 107 g/mol. The Hall–Kier alpha value is -0.860. The fraction of sp³-hybridized carbons (Fsp3) is 0.400. The van der Waals surface area contributed by atoms with E-state index >= 15 is 0 Å². The number of hydrogen-bond donors (Lipinski definition) is 0. The van der Waals surface area contributed by atoms with Gasteiger partial charge >= 0.3 is 0 Å². The first-order valence-corrected chi connectivity index (χ1v) is 2.35. The lowest BCUT2D eigenvalue weighted by Gasteiger charge is -1.90. The number of aromatic nitrogens is 2. The van der Waals surface area contributed by atoms with Crippen molar-refractivity contribution in [2.24, 2.45) is 7.05 Å². The summed E-state index contributed by atoms with van der Waals surface area (Å²) in [6, 6.07) is 0. The van der Waals surface area contributed by atoms with E-state index in [0.29, 0.717) is 5.69 Å². The summed E-state index contributed by atoms with van der Waals surface area (Å²) in [5, 5.41) is 0. The van der Waals surface area contributed by atoms with Crippen LogP contribution in [0.2, 0.25) is 0 Å². The Morgan fingerprint density at radius 3 is 2.88 bits per heavy atom. The predicted molar refractivity (Wildman–Crippen MR) is 28.0 cm³/mol. The average Bonchev–Trinajstić information content (AvgIpc) is 2.14. The number of imidazole rings is 1. The van der Waals surface area contributed by atoms with Crippen molar-refractivity contribution in [3.63, 3.8) is 0 Å². The molecule has 0 aliphatic heterocycles. The number of aryl methyl sites for hydroxylation is 1. The minimum Gasteiger partial charge on any atom is -0.335 e. The van der Waals surface area contributed by atoms with E-state index in [1.165, 1.54) is 6.20 Å². The molecule has 0 spiro atoms. The van der Waals surface area contributed by atoms with Gasteiger partial charge in [0.1, 0.15) is 6.67 Å². The minimum atomic E-state index is -0.434. The van der Waals surface area contributed by atoms with Gasteiger partial charge in [-0.3, -0.25) is 0 Å². The third-order valence-corrected chi connectivity index (χ3v) is 1.05. The predicted octanol–water partition coefficient (Wildman–Crippen LogP) is 0.890. The van der Waals surface area contributed by atoms with Gasteiger partial charge < -0.3 is 4.57 Å². The number of hydrogen-bond acceptors (Lipinski definition) is 1. The molecule has 0 aliphatic rings. The van der Waals surface area contributed by atoms with Crippen LogP contribution in [0.25, 0.3) is 0 Å². The van der Waals surface area contributed by atoms with E-state index in [9.17, 15) is 4.39 Å². The van der Waals surface area contributed by atoms with Crippen LogP contribution in [0.5, 0.6) is 0 Å². The van der Waals surface area contributed by atoms with Gasteiger partial charge in [0.25, 0.3) is 0 Å². The van der Waals surface area contributed by atoms with Crippen LogP contribution in [0.4, 0.5) is 4.39 Å². The SMILES string of the molecule is Cn1cncc1CF. The number of nitrogens with zero attached hydrogens (tertiary/aromatic N) is 2. The normalized spacial score (nSPS) is 9.75. The first-order valence-electron chi connectivity index (χ1n) is 2.35. The average molecular weight is 114 g/mol. The van der Waals surface area contributed by atoms with Gasteiger partial charge in [-0.1, -0.05) is 0 Å².